The van der Waals surface area contributed by atoms with Crippen LogP contribution in [0.2, 0.25) is 0 Å². The molecule has 0 aliphatic carbocycles. The topological polar surface area (TPSA) is 43.6 Å². The van der Waals surface area contributed by atoms with Crippen molar-refractivity contribution in [1.82, 2.24) is 19.5 Å². The third kappa shape index (κ3) is 5.96. The first-order chi connectivity index (χ1) is 28.9. The van der Waals surface area contributed by atoms with Gasteiger partial charge >= 0.3 is 0 Å². The quantitative estimate of drug-likeness (QED) is 0.166. The lowest BCUT2D eigenvalue weighted by Crippen LogP contribution is -2.06. The van der Waals surface area contributed by atoms with Gasteiger partial charge in [-0.25, -0.2) is 4.98 Å². The number of para-hydroxylation sites is 1. The number of hydrogen-bond donors (Lipinski definition) is 0. The van der Waals surface area contributed by atoms with E-state index < -0.39 is 0 Å². The van der Waals surface area contributed by atoms with Gasteiger partial charge in [-0.1, -0.05) is 188 Å². The van der Waals surface area contributed by atoms with Crippen LogP contribution in [0.1, 0.15) is 5.48 Å². The summed E-state index contributed by atoms with van der Waals surface area (Å²) in [4.78, 5) is 15.4. The van der Waals surface area contributed by atoms with Crippen LogP contribution in [0.4, 0.5) is 0 Å². The molecule has 10 aromatic rings. The lowest BCUT2D eigenvalue weighted by molar-refractivity contribution is 0.953. The van der Waals surface area contributed by atoms with E-state index in [0.717, 1.165) is 55.6 Å². The maximum Gasteiger partial charge on any atom is 0.238 e. The van der Waals surface area contributed by atoms with Crippen LogP contribution in [0.25, 0.3) is 95.0 Å². The summed E-state index contributed by atoms with van der Waals surface area (Å²) in [5.41, 5.74) is 10.5. The van der Waals surface area contributed by atoms with Crippen molar-refractivity contribution < 1.29 is 5.48 Å². The highest BCUT2D eigenvalue weighted by Gasteiger charge is 2.21. The molecule has 4 nitrogen and oxygen atoms in total. The first kappa shape index (κ1) is 28.1. The second kappa shape index (κ2) is 13.8. The Kier molecular flexibility index (Phi) is 7.08. The van der Waals surface area contributed by atoms with Crippen LogP contribution in [0.3, 0.4) is 0 Å². The monoisotopic (exact) mass is 706 g/mol. The Morgan fingerprint density at radius 3 is 1.60 bits per heavy atom. The summed E-state index contributed by atoms with van der Waals surface area (Å²) < 4.78 is 38.2. The van der Waals surface area contributed by atoms with Crippen molar-refractivity contribution in [2.75, 3.05) is 0 Å². The van der Waals surface area contributed by atoms with Crippen LogP contribution in [0.15, 0.2) is 206 Å². The molecule has 0 unspecified atom stereocenters. The molecule has 0 atom stereocenters. The van der Waals surface area contributed by atoms with Gasteiger partial charge in [-0.15, -0.1) is 0 Å². The van der Waals surface area contributed by atoms with Crippen LogP contribution < -0.4 is 0 Å². The van der Waals surface area contributed by atoms with Crippen molar-refractivity contribution in [3.05, 3.63) is 206 Å². The molecule has 0 saturated carbocycles. The molecule has 0 N–H and O–H groups in total. The molecule has 10 rings (SSSR count). The van der Waals surface area contributed by atoms with E-state index in [9.17, 15) is 2.74 Å². The predicted molar refractivity (Wildman–Crippen MR) is 227 cm³/mol. The summed E-state index contributed by atoms with van der Waals surface area (Å²) in [6, 6.07) is 59.8. The second-order valence-electron chi connectivity index (χ2n) is 13.3. The van der Waals surface area contributed by atoms with Crippen LogP contribution in [0, 0.1) is 0 Å². The van der Waals surface area contributed by atoms with Gasteiger partial charge in [0.25, 0.3) is 0 Å². The van der Waals surface area contributed by atoms with Crippen molar-refractivity contribution in [2.24, 2.45) is 0 Å². The average molecular weight is 707 g/mol. The van der Waals surface area contributed by atoms with Gasteiger partial charge in [0.05, 0.1) is 16.5 Å². The van der Waals surface area contributed by atoms with Gasteiger partial charge in [-0.05, 0) is 62.7 Å². The maximum atomic E-state index is 9.38. The van der Waals surface area contributed by atoms with E-state index in [1.54, 1.807) is 4.57 Å². The second-order valence-corrected chi connectivity index (χ2v) is 13.3. The first-order valence-corrected chi connectivity index (χ1v) is 18.2. The number of hydrogen-bond acceptors (Lipinski definition) is 3. The fourth-order valence-corrected chi connectivity index (χ4v) is 7.42. The third-order valence-corrected chi connectivity index (χ3v) is 10.0. The SMILES string of the molecule is [2H]c1c([2H])c([2H])c2c(c1[2H])c1c(-c3ccccc3-c3ccccc3)cccc1n2-c1nc(-c2ccc(-c3ccccc3)cc2)nc(-c2cccc(-c3ccccc3)c2)n1. The van der Waals surface area contributed by atoms with E-state index in [2.05, 4.69) is 72.8 Å². The molecule has 0 amide bonds. The highest BCUT2D eigenvalue weighted by Crippen LogP contribution is 2.41. The highest BCUT2D eigenvalue weighted by molar-refractivity contribution is 6.16. The summed E-state index contributed by atoms with van der Waals surface area (Å²) in [6.45, 7) is 0. The largest absolute Gasteiger partial charge is 0.278 e. The molecular weight excluding hydrogens is 669 g/mol. The lowest BCUT2D eigenvalue weighted by Gasteiger charge is -2.13. The molecular formula is C51H34N4. The molecule has 0 fully saturated rings. The lowest BCUT2D eigenvalue weighted by atomic mass is 9.92. The third-order valence-electron chi connectivity index (χ3n) is 10.0. The average Bonchev–Trinajstić information content (AvgIpc) is 3.67. The van der Waals surface area contributed by atoms with Crippen molar-refractivity contribution in [3.8, 4) is 73.2 Å². The zero-order chi connectivity index (χ0) is 40.0. The summed E-state index contributed by atoms with van der Waals surface area (Å²) >= 11 is 0. The minimum absolute atomic E-state index is 0.129. The van der Waals surface area contributed by atoms with Gasteiger partial charge in [-0.3, -0.25) is 4.57 Å². The maximum absolute atomic E-state index is 9.38. The van der Waals surface area contributed by atoms with Crippen molar-refractivity contribution >= 4 is 21.8 Å². The van der Waals surface area contributed by atoms with Crippen LogP contribution >= 0.6 is 0 Å². The van der Waals surface area contributed by atoms with Gasteiger partial charge in [-0.2, -0.15) is 9.97 Å². The first-order valence-electron chi connectivity index (χ1n) is 20.2. The van der Waals surface area contributed by atoms with E-state index in [4.69, 9.17) is 17.7 Å². The summed E-state index contributed by atoms with van der Waals surface area (Å²) in [6.07, 6.45) is 0. The van der Waals surface area contributed by atoms with E-state index >= 15 is 0 Å². The van der Waals surface area contributed by atoms with Gasteiger partial charge in [0.15, 0.2) is 11.6 Å². The Bertz CT molecular complexity index is 3190. The van der Waals surface area contributed by atoms with Crippen molar-refractivity contribution in [3.63, 3.8) is 0 Å². The predicted octanol–water partition coefficient (Wildman–Crippen LogP) is 13.0. The van der Waals surface area contributed by atoms with Crippen LogP contribution in [0.5, 0.6) is 0 Å². The molecule has 8 aromatic carbocycles. The summed E-state index contributed by atoms with van der Waals surface area (Å²) in [5.74, 6) is 1.09. The highest BCUT2D eigenvalue weighted by atomic mass is 15.2. The van der Waals surface area contributed by atoms with Crippen molar-refractivity contribution in [1.29, 1.82) is 0 Å². The van der Waals surface area contributed by atoms with Gasteiger partial charge in [0.1, 0.15) is 0 Å². The van der Waals surface area contributed by atoms with E-state index in [0.29, 0.717) is 27.9 Å². The minimum atomic E-state index is -0.334. The van der Waals surface area contributed by atoms with E-state index in [1.165, 1.54) is 0 Å². The number of fused-ring (bicyclic) bond motifs is 3. The molecule has 55 heavy (non-hydrogen) atoms. The Morgan fingerprint density at radius 2 is 0.873 bits per heavy atom. The fourth-order valence-electron chi connectivity index (χ4n) is 7.42. The van der Waals surface area contributed by atoms with Gasteiger partial charge in [0.2, 0.25) is 5.95 Å². The Hall–Kier alpha value is -7.43. The Morgan fingerprint density at radius 1 is 0.364 bits per heavy atom. The molecule has 0 aliphatic heterocycles. The Labute approximate surface area is 325 Å². The van der Waals surface area contributed by atoms with Crippen LogP contribution in [-0.4, -0.2) is 19.5 Å². The van der Waals surface area contributed by atoms with Gasteiger partial charge in [0, 0.05) is 21.9 Å². The molecule has 0 radical (unpaired) electrons. The molecule has 2 heterocycles. The molecule has 258 valence electrons. The van der Waals surface area contributed by atoms with Crippen molar-refractivity contribution in [2.45, 2.75) is 0 Å². The van der Waals surface area contributed by atoms with E-state index in [-0.39, 0.29) is 35.6 Å². The zero-order valence-electron chi connectivity index (χ0n) is 33.6. The summed E-state index contributed by atoms with van der Waals surface area (Å²) in [7, 11) is 0. The van der Waals surface area contributed by atoms with Crippen LogP contribution in [-0.2, 0) is 0 Å². The molecule has 2 aromatic heterocycles. The minimum Gasteiger partial charge on any atom is -0.278 e. The molecule has 0 bridgehead atoms. The smallest absolute Gasteiger partial charge is 0.238 e. The number of rotatable bonds is 7. The number of benzene rings is 8. The van der Waals surface area contributed by atoms with E-state index in [1.807, 2.05) is 109 Å². The molecule has 0 saturated heterocycles. The Balaban J connectivity index is 1.26. The van der Waals surface area contributed by atoms with Gasteiger partial charge < -0.3 is 0 Å². The molecule has 4 heteroatoms. The summed E-state index contributed by atoms with van der Waals surface area (Å²) in [5, 5.41) is 1.07. The zero-order valence-corrected chi connectivity index (χ0v) is 29.6. The number of nitrogens with zero attached hydrogens (tertiary/aromatic N) is 4. The normalized spacial score (nSPS) is 12.3. The molecule has 0 aliphatic rings. The molecule has 0 spiro atoms. The number of aromatic nitrogens is 4. The fraction of sp³-hybridized carbons (Fsp3) is 0. The standard InChI is InChI=1S/C51H34N4/c1-4-16-35(17-5-1)37-30-32-39(33-31-37)49-52-50(41-23-14-22-40(34-41)36-18-6-2-7-19-36)54-51(53-49)55-46-28-13-12-26-45(46)48-44(27-15-29-47(48)55)43-25-11-10-24-42(43)38-20-8-3-9-21-38/h1-34H/i12D,13D,26D,28D.